The van der Waals surface area contributed by atoms with Crippen LogP contribution in [0.3, 0.4) is 0 Å². The van der Waals surface area contributed by atoms with Crippen molar-refractivity contribution in [3.8, 4) is 11.5 Å². The number of morpholine rings is 1. The minimum atomic E-state index is -0.924. The van der Waals surface area contributed by atoms with Gasteiger partial charge in [-0.05, 0) is 61.1 Å². The molecule has 0 saturated carbocycles. The summed E-state index contributed by atoms with van der Waals surface area (Å²) in [6.45, 7) is 4.64. The van der Waals surface area contributed by atoms with Crippen LogP contribution in [0.5, 0.6) is 11.5 Å². The number of nitrogens with zero attached hydrogens (tertiary/aromatic N) is 3. The number of ether oxygens (including phenoxy) is 3. The predicted octanol–water partition coefficient (Wildman–Crippen LogP) is 3.01. The maximum atomic E-state index is 14.4. The fraction of sp³-hybridized carbons (Fsp3) is 0.514. The summed E-state index contributed by atoms with van der Waals surface area (Å²) in [5.74, 6) is -0.341. The van der Waals surface area contributed by atoms with Gasteiger partial charge in [0.15, 0.2) is 11.5 Å². The molecule has 4 heterocycles. The second kappa shape index (κ2) is 14.1. The van der Waals surface area contributed by atoms with Crippen LogP contribution in [0.2, 0.25) is 0 Å². The number of amides is 4. The SMILES string of the molecule is COc1ccc(CNC(=O)C[C@H]2C[C@H](C(=O)N3CCOCC3)[C@@]3(C)c4[nH]c5cc(CCC(=O)N(C)C)ccc5c4CCN3C2=O)cc1OC. The number of rotatable bonds is 10. The average Bonchev–Trinajstić information content (AvgIpc) is 3.50. The lowest BCUT2D eigenvalue weighted by Gasteiger charge is -2.54. The van der Waals surface area contributed by atoms with Gasteiger partial charge in [-0.2, -0.15) is 0 Å². The predicted molar refractivity (Wildman–Crippen MR) is 183 cm³/mol. The maximum absolute atomic E-state index is 14.4. The van der Waals surface area contributed by atoms with Crippen LogP contribution in [-0.4, -0.2) is 104 Å². The smallest absolute Gasteiger partial charge is 0.228 e. The van der Waals surface area contributed by atoms with Gasteiger partial charge in [-0.1, -0.05) is 18.2 Å². The summed E-state index contributed by atoms with van der Waals surface area (Å²) < 4.78 is 16.3. The van der Waals surface area contributed by atoms with Gasteiger partial charge >= 0.3 is 0 Å². The number of carbonyl (C=O) groups is 4. The minimum absolute atomic E-state index is 0.0137. The summed E-state index contributed by atoms with van der Waals surface area (Å²) >= 11 is 0. The Kier molecular flexibility index (Phi) is 9.87. The summed E-state index contributed by atoms with van der Waals surface area (Å²) in [7, 11) is 6.64. The third-order valence-electron chi connectivity index (χ3n) is 10.6. The first-order valence-corrected chi connectivity index (χ1v) is 17.0. The van der Waals surface area contributed by atoms with Crippen molar-refractivity contribution in [3.05, 3.63) is 58.8 Å². The van der Waals surface area contributed by atoms with E-state index < -0.39 is 17.4 Å². The Labute approximate surface area is 287 Å². The summed E-state index contributed by atoms with van der Waals surface area (Å²) in [5, 5.41) is 4.03. The molecule has 1 aromatic heterocycles. The Morgan fingerprint density at radius 2 is 1.76 bits per heavy atom. The van der Waals surface area contributed by atoms with Crippen molar-refractivity contribution >= 4 is 34.5 Å². The molecule has 0 unspecified atom stereocenters. The topological polar surface area (TPSA) is 134 Å². The van der Waals surface area contributed by atoms with E-state index in [9.17, 15) is 19.2 Å². The molecule has 0 spiro atoms. The zero-order valence-corrected chi connectivity index (χ0v) is 29.1. The molecule has 2 aromatic carbocycles. The van der Waals surface area contributed by atoms with Gasteiger partial charge in [-0.15, -0.1) is 0 Å². The van der Waals surface area contributed by atoms with Crippen LogP contribution in [0.25, 0.3) is 10.9 Å². The van der Waals surface area contributed by atoms with Crippen molar-refractivity contribution < 1.29 is 33.4 Å². The quantitative estimate of drug-likeness (QED) is 0.338. The maximum Gasteiger partial charge on any atom is 0.228 e. The van der Waals surface area contributed by atoms with Crippen LogP contribution in [-0.2, 0) is 48.8 Å². The van der Waals surface area contributed by atoms with E-state index in [0.717, 1.165) is 33.3 Å². The number of fused-ring (bicyclic) bond motifs is 5. The molecule has 6 rings (SSSR count). The van der Waals surface area contributed by atoms with Crippen LogP contribution < -0.4 is 14.8 Å². The van der Waals surface area contributed by atoms with E-state index in [-0.39, 0.29) is 43.0 Å². The fourth-order valence-corrected chi connectivity index (χ4v) is 7.76. The fourth-order valence-electron chi connectivity index (χ4n) is 7.76. The first-order valence-electron chi connectivity index (χ1n) is 17.0. The minimum Gasteiger partial charge on any atom is -0.493 e. The molecule has 2 fully saturated rings. The van der Waals surface area contributed by atoms with E-state index in [2.05, 4.69) is 28.5 Å². The van der Waals surface area contributed by atoms with Gasteiger partial charge in [0.05, 0.1) is 38.9 Å². The number of hydrogen-bond acceptors (Lipinski definition) is 7. The molecule has 3 aliphatic rings. The zero-order valence-electron chi connectivity index (χ0n) is 29.1. The van der Waals surface area contributed by atoms with E-state index in [1.807, 2.05) is 28.9 Å². The third-order valence-corrected chi connectivity index (χ3v) is 10.6. The van der Waals surface area contributed by atoms with Crippen LogP contribution in [0.4, 0.5) is 0 Å². The molecule has 3 aliphatic heterocycles. The van der Waals surface area contributed by atoms with Gasteiger partial charge in [-0.3, -0.25) is 19.2 Å². The highest BCUT2D eigenvalue weighted by molar-refractivity contribution is 5.93. The van der Waals surface area contributed by atoms with Crippen LogP contribution in [0, 0.1) is 11.8 Å². The molecule has 3 aromatic rings. The lowest BCUT2D eigenvalue weighted by atomic mass is 9.67. The number of benzene rings is 2. The van der Waals surface area contributed by atoms with Crippen molar-refractivity contribution in [2.24, 2.45) is 11.8 Å². The van der Waals surface area contributed by atoms with Crippen molar-refractivity contribution in [3.63, 3.8) is 0 Å². The monoisotopic (exact) mass is 673 g/mol. The first-order chi connectivity index (χ1) is 23.5. The number of aromatic amines is 1. The first kappa shape index (κ1) is 34.3. The van der Waals surface area contributed by atoms with Crippen molar-refractivity contribution in [2.75, 3.05) is 61.2 Å². The van der Waals surface area contributed by atoms with Crippen molar-refractivity contribution in [1.29, 1.82) is 0 Å². The normalized spacial score (nSPS) is 21.9. The zero-order chi connectivity index (χ0) is 34.9. The highest BCUT2D eigenvalue weighted by Crippen LogP contribution is 2.50. The van der Waals surface area contributed by atoms with Gasteiger partial charge in [-0.25, -0.2) is 0 Å². The van der Waals surface area contributed by atoms with Crippen LogP contribution in [0.15, 0.2) is 36.4 Å². The number of H-pyrrole nitrogens is 1. The third kappa shape index (κ3) is 6.58. The van der Waals surface area contributed by atoms with Gasteiger partial charge < -0.3 is 39.2 Å². The number of piperidine rings is 1. The lowest BCUT2D eigenvalue weighted by Crippen LogP contribution is -2.65. The molecule has 3 atom stereocenters. The molecular weight excluding hydrogens is 626 g/mol. The molecule has 0 aliphatic carbocycles. The molecular formula is C37H47N5O7. The largest absolute Gasteiger partial charge is 0.493 e. The van der Waals surface area contributed by atoms with E-state index >= 15 is 0 Å². The van der Waals surface area contributed by atoms with Gasteiger partial charge in [0.25, 0.3) is 0 Å². The Balaban J connectivity index is 1.27. The number of hydrogen-bond donors (Lipinski definition) is 2. The Morgan fingerprint density at radius 3 is 2.47 bits per heavy atom. The van der Waals surface area contributed by atoms with Gasteiger partial charge in [0.2, 0.25) is 23.6 Å². The van der Waals surface area contributed by atoms with Crippen molar-refractivity contribution in [1.82, 2.24) is 25.0 Å². The van der Waals surface area contributed by atoms with E-state index in [1.54, 1.807) is 39.3 Å². The van der Waals surface area contributed by atoms with E-state index in [0.29, 0.717) is 63.6 Å². The molecule has 2 N–H and O–H groups in total. The number of aromatic nitrogens is 1. The second-order valence-electron chi connectivity index (χ2n) is 13.6. The average molecular weight is 674 g/mol. The molecule has 2 saturated heterocycles. The molecule has 49 heavy (non-hydrogen) atoms. The number of nitrogens with one attached hydrogen (secondary N) is 2. The van der Waals surface area contributed by atoms with E-state index in [1.165, 1.54) is 0 Å². The van der Waals surface area contributed by atoms with Crippen LogP contribution in [0.1, 0.15) is 48.6 Å². The Morgan fingerprint density at radius 1 is 1.02 bits per heavy atom. The lowest BCUT2D eigenvalue weighted by molar-refractivity contribution is -0.166. The number of carbonyl (C=O) groups excluding carboxylic acids is 4. The van der Waals surface area contributed by atoms with Crippen molar-refractivity contribution in [2.45, 2.75) is 51.1 Å². The molecule has 12 heteroatoms. The van der Waals surface area contributed by atoms with Gasteiger partial charge in [0, 0.05) is 75.6 Å². The Hall–Kier alpha value is -4.58. The molecule has 262 valence electrons. The summed E-state index contributed by atoms with van der Waals surface area (Å²) in [6, 6.07) is 11.7. The standard InChI is InChI=1S/C37H47N5O7/c1-37-28(36(46)41-14-16-49-17-15-41)20-25(21-32(43)38-22-24-7-10-30(47-4)31(19-24)48-5)35(45)42(37)13-12-27-26-9-6-23(8-11-33(44)40(2)3)18-29(26)39-34(27)37/h6-7,9-10,18-19,25,28,39H,8,11-17,20-22H2,1-5H3,(H,38,43)/t25-,28-,37+/m1/s1. The summed E-state index contributed by atoms with van der Waals surface area (Å²) in [6.07, 6.45) is 1.91. The molecule has 0 radical (unpaired) electrons. The molecule has 0 bridgehead atoms. The Bertz CT molecular complexity index is 1750. The highest BCUT2D eigenvalue weighted by atomic mass is 16.5. The molecule has 12 nitrogen and oxygen atoms in total. The van der Waals surface area contributed by atoms with Gasteiger partial charge in [0.1, 0.15) is 0 Å². The summed E-state index contributed by atoms with van der Waals surface area (Å²) in [4.78, 5) is 63.2. The van der Waals surface area contributed by atoms with E-state index in [4.69, 9.17) is 14.2 Å². The number of aryl methyl sites for hydroxylation is 1. The van der Waals surface area contributed by atoms with Crippen LogP contribution >= 0.6 is 0 Å². The second-order valence-corrected chi connectivity index (χ2v) is 13.6. The molecule has 4 amide bonds. The highest BCUT2D eigenvalue weighted by Gasteiger charge is 2.57. The summed E-state index contributed by atoms with van der Waals surface area (Å²) in [5.41, 5.74) is 3.89. The number of methoxy groups -OCH3 is 2.